The van der Waals surface area contributed by atoms with Gasteiger partial charge in [-0.15, -0.1) is 0 Å². The first kappa shape index (κ1) is 19.2. The largest absolute Gasteiger partial charge is 0.463 e. The summed E-state index contributed by atoms with van der Waals surface area (Å²) in [5.41, 5.74) is 1.04. The lowest BCUT2D eigenvalue weighted by molar-refractivity contribution is -0.706. The number of imide groups is 1. The second kappa shape index (κ2) is 9.37. The fraction of sp³-hybridized carbons (Fsp3) is 0.429. The molecule has 6 heteroatoms. The molecule has 0 bridgehead atoms. The summed E-state index contributed by atoms with van der Waals surface area (Å²) < 4.78 is 5.57. The minimum atomic E-state index is -0.447. The van der Waals surface area contributed by atoms with Crippen LogP contribution in [-0.2, 0) is 4.79 Å². The summed E-state index contributed by atoms with van der Waals surface area (Å²) in [6.45, 7) is 1.79. The van der Waals surface area contributed by atoms with Crippen molar-refractivity contribution >= 4 is 11.9 Å². The van der Waals surface area contributed by atoms with Crippen molar-refractivity contribution in [2.75, 3.05) is 0 Å². The molecule has 144 valence electrons. The monoisotopic (exact) mass is 370 g/mol. The van der Waals surface area contributed by atoms with Gasteiger partial charge in [0.05, 0.1) is 6.26 Å². The van der Waals surface area contributed by atoms with Crippen molar-refractivity contribution in [2.24, 2.45) is 0 Å². The number of hydrogen-bond acceptors (Lipinski definition) is 3. The minimum Gasteiger partial charge on any atom is -0.463 e. The first-order chi connectivity index (χ1) is 13.1. The SMILES string of the molecule is C[C@@H]([NH2+][C@H](c1ccccc1)c1ccco1)C(=O)NC(=O)NC1CCCCC1. The maximum absolute atomic E-state index is 12.5. The molecular formula is C21H28N3O3+. The van der Waals surface area contributed by atoms with Crippen LogP contribution in [0.5, 0.6) is 0 Å². The molecule has 27 heavy (non-hydrogen) atoms. The van der Waals surface area contributed by atoms with Crippen LogP contribution in [-0.4, -0.2) is 24.0 Å². The molecular weight excluding hydrogens is 342 g/mol. The van der Waals surface area contributed by atoms with Gasteiger partial charge in [0.25, 0.3) is 5.91 Å². The molecule has 2 aromatic rings. The maximum Gasteiger partial charge on any atom is 0.321 e. The summed E-state index contributed by atoms with van der Waals surface area (Å²) in [7, 11) is 0. The Kier molecular flexibility index (Phi) is 6.65. The lowest BCUT2D eigenvalue weighted by Crippen LogP contribution is -2.93. The van der Waals surface area contributed by atoms with E-state index in [0.717, 1.165) is 37.0 Å². The van der Waals surface area contributed by atoms with Gasteiger partial charge in [-0.3, -0.25) is 10.1 Å². The van der Waals surface area contributed by atoms with Crippen LogP contribution >= 0.6 is 0 Å². The average Bonchev–Trinajstić information content (AvgIpc) is 3.21. The van der Waals surface area contributed by atoms with Crippen LogP contribution in [0.3, 0.4) is 0 Å². The van der Waals surface area contributed by atoms with Gasteiger partial charge in [-0.2, -0.15) is 0 Å². The second-order valence-electron chi connectivity index (χ2n) is 7.18. The Bertz CT molecular complexity index is 724. The van der Waals surface area contributed by atoms with E-state index < -0.39 is 12.1 Å². The third-order valence-electron chi connectivity index (χ3n) is 5.08. The predicted octanol–water partition coefficient (Wildman–Crippen LogP) is 2.48. The number of quaternary nitrogens is 1. The summed E-state index contributed by atoms with van der Waals surface area (Å²) in [5.74, 6) is 0.461. The number of benzene rings is 1. The Morgan fingerprint density at radius 1 is 1.07 bits per heavy atom. The van der Waals surface area contributed by atoms with Crippen molar-refractivity contribution < 1.29 is 19.3 Å². The summed E-state index contributed by atoms with van der Waals surface area (Å²) in [5, 5.41) is 7.31. The Hall–Kier alpha value is -2.60. The molecule has 1 fully saturated rings. The maximum atomic E-state index is 12.5. The lowest BCUT2D eigenvalue weighted by atomic mass is 9.96. The highest BCUT2D eigenvalue weighted by Gasteiger charge is 2.28. The van der Waals surface area contributed by atoms with Gasteiger partial charge >= 0.3 is 6.03 Å². The molecule has 0 spiro atoms. The average molecular weight is 370 g/mol. The fourth-order valence-electron chi connectivity index (χ4n) is 3.57. The Morgan fingerprint density at radius 2 is 1.81 bits per heavy atom. The number of carbonyl (C=O) groups excluding carboxylic acids is 2. The number of amides is 3. The van der Waals surface area contributed by atoms with Gasteiger partial charge in [0.15, 0.2) is 17.8 Å². The van der Waals surface area contributed by atoms with E-state index in [1.165, 1.54) is 6.42 Å². The number of carbonyl (C=O) groups is 2. The summed E-state index contributed by atoms with van der Waals surface area (Å²) in [6.07, 6.45) is 7.07. The van der Waals surface area contributed by atoms with Gasteiger partial charge in [-0.1, -0.05) is 49.6 Å². The van der Waals surface area contributed by atoms with Gasteiger partial charge in [0.2, 0.25) is 0 Å². The molecule has 1 aliphatic carbocycles. The quantitative estimate of drug-likeness (QED) is 0.730. The fourth-order valence-corrected chi connectivity index (χ4v) is 3.57. The smallest absolute Gasteiger partial charge is 0.321 e. The zero-order valence-corrected chi connectivity index (χ0v) is 15.7. The molecule has 0 saturated heterocycles. The Labute approximate surface area is 159 Å². The normalized spacial score (nSPS) is 17.1. The molecule has 1 aromatic carbocycles. The highest BCUT2D eigenvalue weighted by Crippen LogP contribution is 2.19. The molecule has 0 aliphatic heterocycles. The van der Waals surface area contributed by atoms with Gasteiger partial charge in [0, 0.05) is 11.6 Å². The lowest BCUT2D eigenvalue weighted by Gasteiger charge is -2.23. The van der Waals surface area contributed by atoms with E-state index in [-0.39, 0.29) is 18.0 Å². The van der Waals surface area contributed by atoms with Crippen LogP contribution < -0.4 is 16.0 Å². The molecule has 4 N–H and O–H groups in total. The number of hydrogen-bond donors (Lipinski definition) is 3. The first-order valence-electron chi connectivity index (χ1n) is 9.68. The van der Waals surface area contributed by atoms with Crippen LogP contribution in [0.15, 0.2) is 53.1 Å². The third-order valence-corrected chi connectivity index (χ3v) is 5.08. The summed E-state index contributed by atoms with van der Waals surface area (Å²) >= 11 is 0. The molecule has 1 saturated carbocycles. The molecule has 3 amide bonds. The van der Waals surface area contributed by atoms with Crippen molar-refractivity contribution in [1.29, 1.82) is 0 Å². The van der Waals surface area contributed by atoms with E-state index in [0.29, 0.717) is 0 Å². The molecule has 0 unspecified atom stereocenters. The van der Waals surface area contributed by atoms with Gasteiger partial charge in [0.1, 0.15) is 0 Å². The van der Waals surface area contributed by atoms with Crippen molar-refractivity contribution in [1.82, 2.24) is 10.6 Å². The zero-order chi connectivity index (χ0) is 19.1. The van der Waals surface area contributed by atoms with E-state index in [1.54, 1.807) is 13.2 Å². The van der Waals surface area contributed by atoms with Crippen molar-refractivity contribution in [3.63, 3.8) is 0 Å². The van der Waals surface area contributed by atoms with Crippen LogP contribution in [0.4, 0.5) is 4.79 Å². The topological polar surface area (TPSA) is 88.0 Å². The number of rotatable bonds is 6. The van der Waals surface area contributed by atoms with Gasteiger partial charge in [-0.05, 0) is 31.9 Å². The second-order valence-corrected chi connectivity index (χ2v) is 7.18. The Morgan fingerprint density at radius 3 is 2.48 bits per heavy atom. The predicted molar refractivity (Wildman–Crippen MR) is 102 cm³/mol. The molecule has 1 aliphatic rings. The highest BCUT2D eigenvalue weighted by molar-refractivity contribution is 5.96. The first-order valence-corrected chi connectivity index (χ1v) is 9.68. The molecule has 6 nitrogen and oxygen atoms in total. The Balaban J connectivity index is 1.58. The minimum absolute atomic E-state index is 0.150. The molecule has 1 aromatic heterocycles. The number of nitrogens with two attached hydrogens (primary N) is 1. The van der Waals surface area contributed by atoms with E-state index in [9.17, 15) is 9.59 Å². The van der Waals surface area contributed by atoms with E-state index in [2.05, 4.69) is 10.6 Å². The van der Waals surface area contributed by atoms with Crippen LogP contribution in [0.1, 0.15) is 56.4 Å². The van der Waals surface area contributed by atoms with E-state index in [4.69, 9.17) is 4.42 Å². The molecule has 3 rings (SSSR count). The molecule has 1 heterocycles. The standard InChI is InChI=1S/C21H27N3O3/c1-15(20(25)24-21(26)23-17-11-6-3-7-12-17)22-19(18-13-8-14-27-18)16-9-4-2-5-10-16/h2,4-5,8-10,13-15,17,19,22H,3,6-7,11-12H2,1H3,(H2,23,24,25,26)/p+1/t15-,19-/m1/s1. The molecule has 2 atom stereocenters. The molecule has 0 radical (unpaired) electrons. The van der Waals surface area contributed by atoms with Crippen LogP contribution in [0, 0.1) is 0 Å². The van der Waals surface area contributed by atoms with Crippen molar-refractivity contribution in [3.8, 4) is 0 Å². The highest BCUT2D eigenvalue weighted by atomic mass is 16.3. The van der Waals surface area contributed by atoms with Crippen molar-refractivity contribution in [2.45, 2.75) is 57.2 Å². The van der Waals surface area contributed by atoms with Crippen LogP contribution in [0.2, 0.25) is 0 Å². The number of urea groups is 1. The summed E-state index contributed by atoms with van der Waals surface area (Å²) in [6, 6.07) is 12.8. The number of furan rings is 1. The van der Waals surface area contributed by atoms with Crippen LogP contribution in [0.25, 0.3) is 0 Å². The van der Waals surface area contributed by atoms with E-state index >= 15 is 0 Å². The van der Waals surface area contributed by atoms with Gasteiger partial charge in [-0.25, -0.2) is 4.79 Å². The number of nitrogens with one attached hydrogen (secondary N) is 2. The van der Waals surface area contributed by atoms with Crippen molar-refractivity contribution in [3.05, 3.63) is 60.1 Å². The van der Waals surface area contributed by atoms with Gasteiger partial charge < -0.3 is 15.1 Å². The summed E-state index contributed by atoms with van der Waals surface area (Å²) in [4.78, 5) is 24.6. The van der Waals surface area contributed by atoms with E-state index in [1.807, 2.05) is 47.8 Å². The zero-order valence-electron chi connectivity index (χ0n) is 15.7. The third kappa shape index (κ3) is 5.44.